The number of hydrogen-bond donors (Lipinski definition) is 6. The number of H-pyrrole nitrogens is 1. The molecule has 1 aromatic carbocycles. The van der Waals surface area contributed by atoms with Gasteiger partial charge in [-0.15, -0.1) is 0 Å². The molecule has 0 fully saturated rings. The summed E-state index contributed by atoms with van der Waals surface area (Å²) >= 11 is 0. The number of aromatic amines is 1. The molecule has 0 aliphatic carbocycles. The molecule has 3 rings (SSSR count). The van der Waals surface area contributed by atoms with Crippen LogP contribution in [0.3, 0.4) is 0 Å². The van der Waals surface area contributed by atoms with Crippen LogP contribution < -0.4 is 21.9 Å². The molecule has 0 saturated heterocycles. The fraction of sp³-hybridized carbons (Fsp3) is 0.444. The SMILES string of the molecule is CCCCCCCCOC(C[C@H](NC(=O)c1ccc(NCc2cnc3nc(N)[nH]c(=O)c3n2)cc1)C(=O)O)C(=O)O. The van der Waals surface area contributed by atoms with Crippen LogP contribution in [0.25, 0.3) is 11.2 Å². The first kappa shape index (κ1) is 30.9. The number of nitrogens with zero attached hydrogens (tertiary/aromatic N) is 3. The van der Waals surface area contributed by atoms with Gasteiger partial charge in [0, 0.05) is 24.3 Å². The number of benzene rings is 1. The summed E-state index contributed by atoms with van der Waals surface area (Å²) in [5, 5.41) is 24.6. The molecule has 2 aromatic heterocycles. The van der Waals surface area contributed by atoms with Gasteiger partial charge in [-0.25, -0.2) is 19.6 Å². The number of carboxylic acid groups (broad SMARTS) is 2. The Hall–Kier alpha value is -4.59. The zero-order valence-electron chi connectivity index (χ0n) is 22.8. The van der Waals surface area contributed by atoms with Crippen LogP contribution in [-0.2, 0) is 20.9 Å². The summed E-state index contributed by atoms with van der Waals surface area (Å²) in [4.78, 5) is 62.8. The van der Waals surface area contributed by atoms with Gasteiger partial charge >= 0.3 is 11.9 Å². The summed E-state index contributed by atoms with van der Waals surface area (Å²) in [6, 6.07) is 4.74. The van der Waals surface area contributed by atoms with Gasteiger partial charge in [-0.2, -0.15) is 4.98 Å². The molecule has 0 aliphatic rings. The van der Waals surface area contributed by atoms with E-state index in [9.17, 15) is 29.4 Å². The third kappa shape index (κ3) is 9.53. The molecule has 0 aliphatic heterocycles. The molecule has 220 valence electrons. The Kier molecular flexibility index (Phi) is 11.5. The van der Waals surface area contributed by atoms with Crippen molar-refractivity contribution >= 4 is 40.6 Å². The highest BCUT2D eigenvalue weighted by Gasteiger charge is 2.29. The molecule has 3 aromatic rings. The largest absolute Gasteiger partial charge is 0.480 e. The van der Waals surface area contributed by atoms with Gasteiger partial charge in [0.1, 0.15) is 6.04 Å². The maximum atomic E-state index is 12.7. The number of carbonyl (C=O) groups excluding carboxylic acids is 1. The lowest BCUT2D eigenvalue weighted by atomic mass is 10.1. The number of nitrogens with one attached hydrogen (secondary N) is 3. The monoisotopic (exact) mass is 569 g/mol. The Balaban J connectivity index is 1.53. The van der Waals surface area contributed by atoms with Gasteiger partial charge in [0.15, 0.2) is 17.3 Å². The van der Waals surface area contributed by atoms with Crippen LogP contribution in [-0.4, -0.2) is 66.7 Å². The van der Waals surface area contributed by atoms with Gasteiger partial charge < -0.3 is 31.3 Å². The van der Waals surface area contributed by atoms with Crippen LogP contribution >= 0.6 is 0 Å². The fourth-order valence-corrected chi connectivity index (χ4v) is 4.01. The molecule has 0 radical (unpaired) electrons. The fourth-order valence-electron chi connectivity index (χ4n) is 4.01. The van der Waals surface area contributed by atoms with Crippen LogP contribution in [0.4, 0.5) is 11.6 Å². The number of carbonyl (C=O) groups is 3. The molecule has 2 heterocycles. The van der Waals surface area contributed by atoms with Crippen LogP contribution in [0, 0.1) is 0 Å². The first-order valence-corrected chi connectivity index (χ1v) is 13.4. The summed E-state index contributed by atoms with van der Waals surface area (Å²) < 4.78 is 5.43. The molecule has 0 bridgehead atoms. The summed E-state index contributed by atoms with van der Waals surface area (Å²) in [6.45, 7) is 2.54. The lowest BCUT2D eigenvalue weighted by Gasteiger charge is -2.20. The summed E-state index contributed by atoms with van der Waals surface area (Å²) in [6.07, 6.45) is 5.68. The molecule has 1 unspecified atom stereocenters. The van der Waals surface area contributed by atoms with Gasteiger partial charge in [-0.05, 0) is 30.7 Å². The number of aliphatic carboxylic acids is 2. The number of fused-ring (bicyclic) bond motifs is 1. The number of anilines is 2. The number of carboxylic acids is 2. The number of aromatic nitrogens is 4. The van der Waals surface area contributed by atoms with E-state index in [1.807, 2.05) is 0 Å². The van der Waals surface area contributed by atoms with Crippen LogP contribution in [0.15, 0.2) is 35.3 Å². The van der Waals surface area contributed by atoms with Crippen molar-refractivity contribution in [2.75, 3.05) is 17.7 Å². The first-order valence-electron chi connectivity index (χ1n) is 13.4. The highest BCUT2D eigenvalue weighted by Crippen LogP contribution is 2.13. The van der Waals surface area contributed by atoms with E-state index in [1.54, 1.807) is 12.1 Å². The van der Waals surface area contributed by atoms with Crippen LogP contribution in [0.5, 0.6) is 0 Å². The Morgan fingerprint density at radius 3 is 2.41 bits per heavy atom. The summed E-state index contributed by atoms with van der Waals surface area (Å²) in [5.74, 6) is -3.37. The normalized spacial score (nSPS) is 12.5. The minimum atomic E-state index is -1.45. The van der Waals surface area contributed by atoms with Crippen molar-refractivity contribution in [1.82, 2.24) is 25.3 Å². The topological polar surface area (TPSA) is 223 Å². The number of nitrogens with two attached hydrogens (primary N) is 1. The molecule has 41 heavy (non-hydrogen) atoms. The van der Waals surface area contributed by atoms with Crippen molar-refractivity contribution in [3.63, 3.8) is 0 Å². The van der Waals surface area contributed by atoms with Gasteiger partial charge in [-0.3, -0.25) is 14.6 Å². The van der Waals surface area contributed by atoms with Crippen molar-refractivity contribution < 1.29 is 29.3 Å². The quantitative estimate of drug-likeness (QED) is 0.129. The highest BCUT2D eigenvalue weighted by atomic mass is 16.5. The van der Waals surface area contributed by atoms with E-state index in [4.69, 9.17) is 10.5 Å². The molecular formula is C27H35N7O7. The second-order valence-electron chi connectivity index (χ2n) is 9.48. The zero-order valence-corrected chi connectivity index (χ0v) is 22.8. The molecule has 14 heteroatoms. The molecule has 14 nitrogen and oxygen atoms in total. The maximum absolute atomic E-state index is 12.7. The third-order valence-electron chi connectivity index (χ3n) is 6.25. The average Bonchev–Trinajstić information content (AvgIpc) is 2.94. The Morgan fingerprint density at radius 1 is 1.02 bits per heavy atom. The second kappa shape index (κ2) is 15.3. The molecule has 0 saturated carbocycles. The predicted octanol–water partition coefficient (Wildman–Crippen LogP) is 2.31. The van der Waals surface area contributed by atoms with Gasteiger partial charge in [0.05, 0.1) is 18.4 Å². The van der Waals surface area contributed by atoms with Gasteiger partial charge in [0.25, 0.3) is 11.5 Å². The molecule has 7 N–H and O–H groups in total. The zero-order chi connectivity index (χ0) is 29.8. The smallest absolute Gasteiger partial charge is 0.332 e. The highest BCUT2D eigenvalue weighted by molar-refractivity contribution is 5.97. The van der Waals surface area contributed by atoms with Crippen molar-refractivity contribution in [2.45, 2.75) is 70.6 Å². The lowest BCUT2D eigenvalue weighted by molar-refractivity contribution is -0.152. The lowest BCUT2D eigenvalue weighted by Crippen LogP contribution is -2.45. The summed E-state index contributed by atoms with van der Waals surface area (Å²) in [7, 11) is 0. The molecule has 0 spiro atoms. The molecule has 1 amide bonds. The number of rotatable bonds is 17. The van der Waals surface area contributed by atoms with Gasteiger partial charge in [0.2, 0.25) is 5.95 Å². The Bertz CT molecular complexity index is 1400. The van der Waals surface area contributed by atoms with E-state index in [1.165, 1.54) is 18.3 Å². The van der Waals surface area contributed by atoms with Crippen LogP contribution in [0.1, 0.15) is 67.9 Å². The number of ether oxygens (including phenoxy) is 1. The number of unbranched alkanes of at least 4 members (excludes halogenated alkanes) is 5. The first-order chi connectivity index (χ1) is 19.7. The maximum Gasteiger partial charge on any atom is 0.332 e. The Labute approximate surface area is 235 Å². The van der Waals surface area contributed by atoms with E-state index in [2.05, 4.69) is 37.5 Å². The molecule has 2 atom stereocenters. The number of amides is 1. The summed E-state index contributed by atoms with van der Waals surface area (Å²) in [5.41, 5.74) is 6.46. The van der Waals surface area contributed by atoms with E-state index < -0.39 is 42.0 Å². The number of hydrogen-bond acceptors (Lipinski definition) is 10. The van der Waals surface area contributed by atoms with E-state index in [-0.39, 0.29) is 35.8 Å². The predicted molar refractivity (Wildman–Crippen MR) is 150 cm³/mol. The minimum Gasteiger partial charge on any atom is -0.480 e. The van der Waals surface area contributed by atoms with Gasteiger partial charge in [-0.1, -0.05) is 39.0 Å². The third-order valence-corrected chi connectivity index (χ3v) is 6.25. The van der Waals surface area contributed by atoms with Crippen molar-refractivity contribution in [2.24, 2.45) is 0 Å². The van der Waals surface area contributed by atoms with Crippen molar-refractivity contribution in [1.29, 1.82) is 0 Å². The standard InChI is InChI=1S/C27H35N7O7/c1-2-3-4-5-6-7-12-41-20(26(39)40)13-19(25(37)38)32-23(35)16-8-10-17(11-9-16)29-14-18-15-30-22-21(31-18)24(36)34-27(28)33-22/h8-11,15,19-20,29H,2-7,12-14H2,1H3,(H,32,35)(H,37,38)(H,39,40)(H3,28,30,33,34,36)/t19-,20?/m0/s1. The van der Waals surface area contributed by atoms with E-state index in [0.717, 1.165) is 32.1 Å². The van der Waals surface area contributed by atoms with Crippen LogP contribution in [0.2, 0.25) is 0 Å². The van der Waals surface area contributed by atoms with Crippen molar-refractivity contribution in [3.8, 4) is 0 Å². The average molecular weight is 570 g/mol. The number of nitrogen functional groups attached to an aromatic ring is 1. The Morgan fingerprint density at radius 2 is 1.73 bits per heavy atom. The van der Waals surface area contributed by atoms with Crippen molar-refractivity contribution in [3.05, 3.63) is 52.1 Å². The van der Waals surface area contributed by atoms with E-state index >= 15 is 0 Å². The second-order valence-corrected chi connectivity index (χ2v) is 9.48. The molecular weight excluding hydrogens is 534 g/mol. The van der Waals surface area contributed by atoms with E-state index in [0.29, 0.717) is 17.8 Å². The minimum absolute atomic E-state index is 0.0523.